The fourth-order valence-corrected chi connectivity index (χ4v) is 2.44. The van der Waals surface area contributed by atoms with Crippen molar-refractivity contribution in [2.75, 3.05) is 12.4 Å². The molecule has 0 saturated carbocycles. The number of nitrogens with zero attached hydrogens (tertiary/aromatic N) is 3. The highest BCUT2D eigenvalue weighted by molar-refractivity contribution is 7.15. The predicted molar refractivity (Wildman–Crippen MR) is 73.5 cm³/mol. The zero-order chi connectivity index (χ0) is 14.0. The van der Waals surface area contributed by atoms with Gasteiger partial charge in [0, 0.05) is 29.7 Å². The van der Waals surface area contributed by atoms with Crippen LogP contribution in [0.5, 0.6) is 0 Å². The second kappa shape index (κ2) is 5.40. The van der Waals surface area contributed by atoms with Gasteiger partial charge in [-0.25, -0.2) is 9.78 Å². The molecule has 2 aromatic rings. The molecule has 19 heavy (non-hydrogen) atoms. The zero-order valence-electron chi connectivity index (χ0n) is 11.4. The first kappa shape index (κ1) is 13.5. The Hall–Kier alpha value is -1.89. The molecule has 0 amide bonds. The van der Waals surface area contributed by atoms with Crippen LogP contribution in [0, 0.1) is 13.8 Å². The molecule has 102 valence electrons. The summed E-state index contributed by atoms with van der Waals surface area (Å²) in [6.45, 7) is 4.49. The summed E-state index contributed by atoms with van der Waals surface area (Å²) in [6, 6.07) is 0. The number of thiazole rings is 1. The van der Waals surface area contributed by atoms with E-state index in [4.69, 9.17) is 0 Å². The molecular weight excluding hydrogens is 264 g/mol. The van der Waals surface area contributed by atoms with Gasteiger partial charge in [-0.15, -0.1) is 11.3 Å². The Bertz CT molecular complexity index is 603. The molecule has 0 bridgehead atoms. The van der Waals surface area contributed by atoms with E-state index in [1.165, 1.54) is 18.4 Å². The van der Waals surface area contributed by atoms with Crippen molar-refractivity contribution in [2.24, 2.45) is 7.05 Å². The first-order valence-corrected chi connectivity index (χ1v) is 6.61. The van der Waals surface area contributed by atoms with Crippen molar-refractivity contribution in [3.63, 3.8) is 0 Å². The molecule has 0 aromatic carbocycles. The lowest BCUT2D eigenvalue weighted by Gasteiger charge is -2.01. The number of esters is 1. The van der Waals surface area contributed by atoms with Gasteiger partial charge < -0.3 is 10.1 Å². The number of hydrogen-bond donors (Lipinski definition) is 1. The number of hydrogen-bond acceptors (Lipinski definition) is 6. The van der Waals surface area contributed by atoms with Crippen LogP contribution >= 0.6 is 11.3 Å². The van der Waals surface area contributed by atoms with Gasteiger partial charge in [0.25, 0.3) is 0 Å². The molecule has 0 aliphatic carbocycles. The van der Waals surface area contributed by atoms with E-state index in [1.807, 2.05) is 31.8 Å². The molecule has 0 saturated heterocycles. The average molecular weight is 280 g/mol. The van der Waals surface area contributed by atoms with Gasteiger partial charge in [0.1, 0.15) is 0 Å². The van der Waals surface area contributed by atoms with Gasteiger partial charge in [-0.05, 0) is 13.8 Å². The summed E-state index contributed by atoms with van der Waals surface area (Å²) in [5.41, 5.74) is 2.59. The minimum absolute atomic E-state index is 0.373. The fourth-order valence-electron chi connectivity index (χ4n) is 1.65. The standard InChI is InChI=1S/C12H16N4O2S/c1-7-9(6-14-16(7)3)5-13-12-15-10(8(2)19-12)11(17)18-4/h6H,5H2,1-4H3,(H,13,15). The Morgan fingerprint density at radius 3 is 2.84 bits per heavy atom. The molecule has 0 radical (unpaired) electrons. The second-order valence-electron chi connectivity index (χ2n) is 4.15. The number of anilines is 1. The molecule has 2 heterocycles. The second-order valence-corrected chi connectivity index (χ2v) is 5.35. The van der Waals surface area contributed by atoms with Gasteiger partial charge in [0.2, 0.25) is 0 Å². The summed E-state index contributed by atoms with van der Waals surface area (Å²) in [5, 5.41) is 8.09. The molecule has 0 atom stereocenters. The third-order valence-corrected chi connectivity index (χ3v) is 3.87. The predicted octanol–water partition coefficient (Wildman–Crippen LogP) is 1.89. The van der Waals surface area contributed by atoms with Gasteiger partial charge >= 0.3 is 5.97 Å². The number of ether oxygens (including phenoxy) is 1. The first-order valence-electron chi connectivity index (χ1n) is 5.80. The van der Waals surface area contributed by atoms with Gasteiger partial charge in [0.15, 0.2) is 10.8 Å². The number of carbonyl (C=O) groups is 1. The molecule has 0 aliphatic heterocycles. The maximum Gasteiger partial charge on any atom is 0.357 e. The van der Waals surface area contributed by atoms with Crippen molar-refractivity contribution in [1.29, 1.82) is 0 Å². The minimum atomic E-state index is -0.403. The van der Waals surface area contributed by atoms with Crippen LogP contribution in [0.15, 0.2) is 6.20 Å². The van der Waals surface area contributed by atoms with E-state index in [9.17, 15) is 4.79 Å². The van der Waals surface area contributed by atoms with Gasteiger partial charge in [-0.2, -0.15) is 5.10 Å². The molecular formula is C12H16N4O2S. The summed E-state index contributed by atoms with van der Waals surface area (Å²) >= 11 is 1.44. The van der Waals surface area contributed by atoms with Gasteiger partial charge in [-0.1, -0.05) is 0 Å². The Labute approximate surface area is 115 Å². The van der Waals surface area contributed by atoms with E-state index in [2.05, 4.69) is 20.1 Å². The lowest BCUT2D eigenvalue weighted by molar-refractivity contribution is 0.0594. The average Bonchev–Trinajstić information content (AvgIpc) is 2.91. The number of methoxy groups -OCH3 is 1. The van der Waals surface area contributed by atoms with Crippen molar-refractivity contribution in [1.82, 2.24) is 14.8 Å². The van der Waals surface area contributed by atoms with Crippen molar-refractivity contribution in [2.45, 2.75) is 20.4 Å². The number of rotatable bonds is 4. The van der Waals surface area contributed by atoms with Crippen LogP contribution < -0.4 is 5.32 Å². The first-order chi connectivity index (χ1) is 9.02. The molecule has 2 aromatic heterocycles. The van der Waals surface area contributed by atoms with E-state index in [1.54, 1.807) is 0 Å². The van der Waals surface area contributed by atoms with Gasteiger partial charge in [0.05, 0.1) is 13.3 Å². The number of aromatic nitrogens is 3. The fraction of sp³-hybridized carbons (Fsp3) is 0.417. The SMILES string of the molecule is COC(=O)c1nc(NCc2cnn(C)c2C)sc1C. The van der Waals surface area contributed by atoms with Crippen LogP contribution in [0.25, 0.3) is 0 Å². The van der Waals surface area contributed by atoms with Crippen molar-refractivity contribution in [3.05, 3.63) is 28.0 Å². The highest BCUT2D eigenvalue weighted by Crippen LogP contribution is 2.23. The third-order valence-electron chi connectivity index (χ3n) is 2.94. The molecule has 0 unspecified atom stereocenters. The quantitative estimate of drug-likeness (QED) is 0.866. The van der Waals surface area contributed by atoms with Crippen molar-refractivity contribution in [3.8, 4) is 0 Å². The summed E-state index contributed by atoms with van der Waals surface area (Å²) in [5.74, 6) is -0.403. The van der Waals surface area contributed by atoms with Crippen molar-refractivity contribution >= 4 is 22.4 Å². The smallest absolute Gasteiger partial charge is 0.357 e. The van der Waals surface area contributed by atoms with Crippen LogP contribution in [0.2, 0.25) is 0 Å². The summed E-state index contributed by atoms with van der Waals surface area (Å²) in [7, 11) is 3.26. The normalized spacial score (nSPS) is 10.5. The Morgan fingerprint density at radius 1 is 1.53 bits per heavy atom. The van der Waals surface area contributed by atoms with E-state index >= 15 is 0 Å². The maximum atomic E-state index is 11.5. The summed E-state index contributed by atoms with van der Waals surface area (Å²) < 4.78 is 6.50. The highest BCUT2D eigenvalue weighted by Gasteiger charge is 2.15. The van der Waals surface area contributed by atoms with Crippen LogP contribution in [0.3, 0.4) is 0 Å². The number of carbonyl (C=O) groups excluding carboxylic acids is 1. The lowest BCUT2D eigenvalue weighted by Crippen LogP contribution is -2.05. The molecule has 0 spiro atoms. The monoisotopic (exact) mass is 280 g/mol. The summed E-state index contributed by atoms with van der Waals surface area (Å²) in [4.78, 5) is 16.5. The van der Waals surface area contributed by atoms with Crippen LogP contribution in [0.1, 0.15) is 26.6 Å². The highest BCUT2D eigenvalue weighted by atomic mass is 32.1. The van der Waals surface area contributed by atoms with E-state index < -0.39 is 5.97 Å². The Morgan fingerprint density at radius 2 is 2.26 bits per heavy atom. The topological polar surface area (TPSA) is 69.0 Å². The molecule has 2 rings (SSSR count). The van der Waals surface area contributed by atoms with Gasteiger partial charge in [-0.3, -0.25) is 4.68 Å². The molecule has 0 fully saturated rings. The number of aryl methyl sites for hydroxylation is 2. The Kier molecular flexibility index (Phi) is 3.84. The zero-order valence-corrected chi connectivity index (χ0v) is 12.2. The largest absolute Gasteiger partial charge is 0.464 e. The molecule has 0 aliphatic rings. The van der Waals surface area contributed by atoms with E-state index in [0.717, 1.165) is 16.1 Å². The molecule has 7 heteroatoms. The van der Waals surface area contributed by atoms with E-state index in [0.29, 0.717) is 17.4 Å². The lowest BCUT2D eigenvalue weighted by atomic mass is 10.2. The van der Waals surface area contributed by atoms with E-state index in [-0.39, 0.29) is 0 Å². The third kappa shape index (κ3) is 2.76. The maximum absolute atomic E-state index is 11.5. The summed E-state index contributed by atoms with van der Waals surface area (Å²) in [6.07, 6.45) is 1.82. The van der Waals surface area contributed by atoms with Crippen LogP contribution in [-0.2, 0) is 18.3 Å². The molecule has 6 nitrogen and oxygen atoms in total. The number of nitrogens with one attached hydrogen (secondary N) is 1. The van der Waals surface area contributed by atoms with Crippen LogP contribution in [0.4, 0.5) is 5.13 Å². The molecule has 1 N–H and O–H groups in total. The van der Waals surface area contributed by atoms with Crippen LogP contribution in [-0.4, -0.2) is 27.8 Å². The van der Waals surface area contributed by atoms with Crippen molar-refractivity contribution < 1.29 is 9.53 Å². The Balaban J connectivity index is 2.08. The minimum Gasteiger partial charge on any atom is -0.464 e.